The molecule has 0 radical (unpaired) electrons. The van der Waals surface area contributed by atoms with Crippen LogP contribution < -0.4 is 43.4 Å². The number of anilines is 1. The standard InChI is InChI=1S/C58H94N8O15/c1-37(34-61-35-42(67)32-55(2,3)36-56(4,5)33-49(72)73)38-13-15-40(16-14-38)52(76)66-45(54(78)79)21-23-46(68)65-44(22-24-48(70)71)53(77)63-29-31-81-58(8,9)27-30-80-57(6,7)26-25-47(69)64-43(50(60)74)12-10-11-28-62-51(75)39-17-19-41(59)20-18-39/h17-20,22,37-38,40,43,45,61H,10-16,21,23-36,59H2,1-9H3,(H2,60,74)(H,62,75)(H,63,77)(H,64,69)(H,65,68)(H,66,76)(H,70,71)(H,72,73)(H,78,79)/b44-22-/t37?,38?,40?,43?,45-/m0/s1. The second-order valence-corrected chi connectivity index (χ2v) is 24.3. The lowest BCUT2D eigenvalue weighted by Crippen LogP contribution is -2.45. The molecule has 0 bridgehead atoms. The van der Waals surface area contributed by atoms with Crippen LogP contribution in [0, 0.1) is 28.6 Å². The number of amides is 6. The van der Waals surface area contributed by atoms with Crippen molar-refractivity contribution in [1.82, 2.24) is 31.9 Å². The number of carboxylic acid groups (broad SMARTS) is 3. The van der Waals surface area contributed by atoms with E-state index >= 15 is 0 Å². The highest BCUT2D eigenvalue weighted by Crippen LogP contribution is 2.39. The molecule has 456 valence electrons. The number of Topliss-reactive ketones (excluding diaryl/α,β-unsaturated/α-hetero) is 1. The normalized spacial score (nSPS) is 16.2. The fraction of sp³-hybridized carbons (Fsp3) is 0.690. The van der Waals surface area contributed by atoms with Gasteiger partial charge in [0.25, 0.3) is 11.8 Å². The van der Waals surface area contributed by atoms with Crippen LogP contribution in [0.5, 0.6) is 0 Å². The Morgan fingerprint density at radius 1 is 0.704 bits per heavy atom. The molecule has 1 aromatic rings. The number of aliphatic carboxylic acids is 3. The first-order chi connectivity index (χ1) is 37.7. The van der Waals surface area contributed by atoms with Crippen molar-refractivity contribution in [2.45, 2.75) is 188 Å². The van der Waals surface area contributed by atoms with E-state index in [0.717, 1.165) is 18.9 Å². The molecule has 23 heteroatoms. The van der Waals surface area contributed by atoms with Crippen LogP contribution in [0.3, 0.4) is 0 Å². The van der Waals surface area contributed by atoms with Crippen molar-refractivity contribution in [1.29, 1.82) is 0 Å². The van der Waals surface area contributed by atoms with Gasteiger partial charge in [-0.05, 0) is 158 Å². The third kappa shape index (κ3) is 30.3. The lowest BCUT2D eigenvalue weighted by Gasteiger charge is -2.34. The molecule has 0 aromatic heterocycles. The first kappa shape index (κ1) is 70.6. The Morgan fingerprint density at radius 3 is 1.93 bits per heavy atom. The van der Waals surface area contributed by atoms with Gasteiger partial charge >= 0.3 is 17.9 Å². The number of carbonyl (C=O) groups is 10. The first-order valence-corrected chi connectivity index (χ1v) is 28.2. The lowest BCUT2D eigenvalue weighted by atomic mass is 9.71. The van der Waals surface area contributed by atoms with Crippen LogP contribution in [0.1, 0.15) is 175 Å². The summed E-state index contributed by atoms with van der Waals surface area (Å²) in [7, 11) is 0. The Bertz CT molecular complexity index is 2310. The summed E-state index contributed by atoms with van der Waals surface area (Å²) >= 11 is 0. The number of nitrogens with two attached hydrogens (primary N) is 2. The highest BCUT2D eigenvalue weighted by atomic mass is 16.5. The molecule has 2 rings (SSSR count). The van der Waals surface area contributed by atoms with Crippen molar-refractivity contribution >= 4 is 64.8 Å². The number of benzene rings is 1. The van der Waals surface area contributed by atoms with Crippen molar-refractivity contribution in [2.75, 3.05) is 45.1 Å². The molecule has 0 heterocycles. The summed E-state index contributed by atoms with van der Waals surface area (Å²) in [5, 5.41) is 44.8. The number of ketones is 1. The van der Waals surface area contributed by atoms with Gasteiger partial charge in [0.05, 0.1) is 43.8 Å². The molecule has 0 aliphatic heterocycles. The molecule has 23 nitrogen and oxygen atoms in total. The van der Waals surface area contributed by atoms with E-state index in [9.17, 15) is 63.3 Å². The van der Waals surface area contributed by atoms with Crippen LogP contribution >= 0.6 is 0 Å². The minimum absolute atomic E-state index is 0.0221. The van der Waals surface area contributed by atoms with E-state index in [1.807, 2.05) is 55.4 Å². The molecule has 1 aliphatic carbocycles. The van der Waals surface area contributed by atoms with Crippen LogP contribution in [0.25, 0.3) is 0 Å². The van der Waals surface area contributed by atoms with Gasteiger partial charge in [-0.15, -0.1) is 0 Å². The SMILES string of the molecule is CC(CNCC(=O)CC(C)(C)CC(C)(C)CC(=O)O)C1CCC(C(=O)N[C@@H](CCC(=O)N/C(=C\CC(=O)O)C(=O)NCCOC(C)(C)CCOC(C)(C)CCC(=O)NC(CCCCNC(=O)c2ccc(N)cc2)C(N)=O)C(=O)O)CC1. The number of hydrogen-bond donors (Lipinski definition) is 11. The topological polar surface area (TPSA) is 374 Å². The number of rotatable bonds is 40. The average molecular weight is 1140 g/mol. The number of unbranched alkanes of at least 4 members (excludes halogenated alkanes) is 1. The van der Waals surface area contributed by atoms with E-state index < -0.39 is 89.0 Å². The number of primary amides is 1. The maximum Gasteiger partial charge on any atom is 0.326 e. The van der Waals surface area contributed by atoms with Gasteiger partial charge in [-0.2, -0.15) is 0 Å². The third-order valence-electron chi connectivity index (χ3n) is 14.4. The molecule has 13 N–H and O–H groups in total. The van der Waals surface area contributed by atoms with Crippen molar-refractivity contribution in [3.05, 3.63) is 41.6 Å². The fourth-order valence-electron chi connectivity index (χ4n) is 10.1. The van der Waals surface area contributed by atoms with Gasteiger partial charge in [-0.1, -0.05) is 34.6 Å². The van der Waals surface area contributed by atoms with E-state index in [1.54, 1.807) is 24.3 Å². The summed E-state index contributed by atoms with van der Waals surface area (Å²) < 4.78 is 12.1. The Labute approximate surface area is 477 Å². The quantitative estimate of drug-likeness (QED) is 0.0240. The predicted molar refractivity (Wildman–Crippen MR) is 304 cm³/mol. The summed E-state index contributed by atoms with van der Waals surface area (Å²) in [4.78, 5) is 124. The van der Waals surface area contributed by atoms with Gasteiger partial charge in [0.15, 0.2) is 0 Å². The zero-order valence-electron chi connectivity index (χ0n) is 49.2. The van der Waals surface area contributed by atoms with E-state index in [1.165, 1.54) is 0 Å². The van der Waals surface area contributed by atoms with Crippen LogP contribution in [-0.2, 0) is 52.6 Å². The van der Waals surface area contributed by atoms with Crippen molar-refractivity contribution < 1.29 is 72.7 Å². The molecular weight excluding hydrogens is 1050 g/mol. The Hall–Kier alpha value is -6.46. The minimum Gasteiger partial charge on any atom is -0.481 e. The number of carbonyl (C=O) groups excluding carboxylic acids is 7. The Morgan fingerprint density at radius 2 is 1.32 bits per heavy atom. The molecule has 1 fully saturated rings. The van der Waals surface area contributed by atoms with Gasteiger partial charge in [-0.25, -0.2) is 4.79 Å². The molecule has 3 atom stereocenters. The highest BCUT2D eigenvalue weighted by Gasteiger charge is 2.34. The van der Waals surface area contributed by atoms with Gasteiger partial charge < -0.3 is 68.2 Å². The molecule has 81 heavy (non-hydrogen) atoms. The molecule has 6 amide bonds. The molecule has 2 unspecified atom stereocenters. The number of carboxylic acids is 3. The number of nitrogen functional groups attached to an aromatic ring is 1. The summed E-state index contributed by atoms with van der Waals surface area (Å²) in [5.74, 6) is -6.66. The predicted octanol–water partition coefficient (Wildman–Crippen LogP) is 4.75. The molecule has 1 aliphatic rings. The maximum atomic E-state index is 13.3. The minimum atomic E-state index is -1.40. The molecule has 1 saturated carbocycles. The number of hydrogen-bond acceptors (Lipinski definition) is 14. The zero-order valence-corrected chi connectivity index (χ0v) is 49.2. The number of nitrogens with one attached hydrogen (secondary N) is 6. The molecule has 1 aromatic carbocycles. The lowest BCUT2D eigenvalue weighted by molar-refractivity contribution is -0.143. The van der Waals surface area contributed by atoms with Gasteiger partial charge in [0.2, 0.25) is 23.6 Å². The van der Waals surface area contributed by atoms with Gasteiger partial charge in [0, 0.05) is 49.5 Å². The summed E-state index contributed by atoms with van der Waals surface area (Å²) in [6, 6.07) is 4.25. The fourth-order valence-corrected chi connectivity index (χ4v) is 10.1. The summed E-state index contributed by atoms with van der Waals surface area (Å²) in [6.07, 6.45) is 5.36. The molecule has 0 spiro atoms. The van der Waals surface area contributed by atoms with E-state index in [4.69, 9.17) is 20.9 Å². The Kier molecular flexibility index (Phi) is 29.7. The second kappa shape index (κ2) is 34.1. The molecule has 0 saturated heterocycles. The third-order valence-corrected chi connectivity index (χ3v) is 14.4. The van der Waals surface area contributed by atoms with E-state index in [-0.39, 0.29) is 86.1 Å². The van der Waals surface area contributed by atoms with Crippen LogP contribution in [0.4, 0.5) is 5.69 Å². The highest BCUT2D eigenvalue weighted by molar-refractivity contribution is 5.98. The van der Waals surface area contributed by atoms with E-state index in [2.05, 4.69) is 38.8 Å². The number of ether oxygens (including phenoxy) is 2. The Balaban J connectivity index is 1.74. The van der Waals surface area contributed by atoms with Crippen molar-refractivity contribution in [3.63, 3.8) is 0 Å². The van der Waals surface area contributed by atoms with Crippen molar-refractivity contribution in [3.8, 4) is 0 Å². The van der Waals surface area contributed by atoms with Crippen LogP contribution in [0.2, 0.25) is 0 Å². The largest absolute Gasteiger partial charge is 0.481 e. The summed E-state index contributed by atoms with van der Waals surface area (Å²) in [5.41, 5.74) is 9.64. The van der Waals surface area contributed by atoms with Gasteiger partial charge in [-0.3, -0.25) is 43.2 Å². The zero-order chi connectivity index (χ0) is 61.1. The monoisotopic (exact) mass is 1140 g/mol. The maximum absolute atomic E-state index is 13.3. The van der Waals surface area contributed by atoms with Gasteiger partial charge in [0.1, 0.15) is 23.6 Å². The first-order valence-electron chi connectivity index (χ1n) is 28.2. The van der Waals surface area contributed by atoms with Crippen LogP contribution in [0.15, 0.2) is 36.0 Å². The average Bonchev–Trinajstić information content (AvgIpc) is 3.35. The second-order valence-electron chi connectivity index (χ2n) is 24.3. The summed E-state index contributed by atoms with van der Waals surface area (Å²) in [6.45, 7) is 18.5. The molecular formula is C58H94N8O15. The van der Waals surface area contributed by atoms with E-state index in [0.29, 0.717) is 82.1 Å². The van der Waals surface area contributed by atoms with Crippen molar-refractivity contribution in [2.24, 2.45) is 34.3 Å². The smallest absolute Gasteiger partial charge is 0.326 e. The van der Waals surface area contributed by atoms with Crippen LogP contribution in [-0.4, -0.2) is 137 Å².